The molecular formula is C29H21F3N4O2. The number of hydrogen-bond donors (Lipinski definition) is 2. The van der Waals surface area contributed by atoms with Crippen molar-refractivity contribution in [2.24, 2.45) is 12.0 Å². The number of carbonyl (C=O) groups excluding carboxylic acids is 1. The molecule has 4 aromatic rings. The van der Waals surface area contributed by atoms with Crippen LogP contribution in [-0.4, -0.2) is 27.1 Å². The number of aromatic nitrogens is 2. The summed E-state index contributed by atoms with van der Waals surface area (Å²) >= 11 is 0. The summed E-state index contributed by atoms with van der Waals surface area (Å²) in [7, 11) is 1.81. The third-order valence-corrected chi connectivity index (χ3v) is 6.75. The lowest BCUT2D eigenvalue weighted by Gasteiger charge is -2.26. The second-order valence-electron chi connectivity index (χ2n) is 9.14. The first-order valence-corrected chi connectivity index (χ1v) is 11.9. The maximum absolute atomic E-state index is 14.1. The first-order valence-electron chi connectivity index (χ1n) is 11.9. The van der Waals surface area contributed by atoms with Gasteiger partial charge in [0.05, 0.1) is 28.7 Å². The largest absolute Gasteiger partial charge is 0.494 e. The molecule has 0 fully saturated rings. The maximum Gasteiger partial charge on any atom is 0.250 e. The lowest BCUT2D eigenvalue weighted by Crippen LogP contribution is -2.39. The van der Waals surface area contributed by atoms with E-state index in [1.165, 1.54) is 12.1 Å². The Labute approximate surface area is 214 Å². The van der Waals surface area contributed by atoms with Crippen LogP contribution < -0.4 is 20.8 Å². The molecule has 3 heterocycles. The molecule has 0 radical (unpaired) electrons. The molecule has 2 aliphatic rings. The molecule has 2 N–H and O–H groups in total. The number of pyridine rings is 1. The Balaban J connectivity index is 1.52. The summed E-state index contributed by atoms with van der Waals surface area (Å²) in [5.74, 6) is -2.35. The highest BCUT2D eigenvalue weighted by Gasteiger charge is 2.26. The summed E-state index contributed by atoms with van der Waals surface area (Å²) in [4.78, 5) is 22.1. The number of H-pyrrole nitrogens is 1. The lowest BCUT2D eigenvalue weighted by molar-refractivity contribution is -0.117. The van der Waals surface area contributed by atoms with Gasteiger partial charge in [-0.3, -0.25) is 4.79 Å². The summed E-state index contributed by atoms with van der Waals surface area (Å²) in [6, 6.07) is 10.8. The van der Waals surface area contributed by atoms with Crippen LogP contribution in [0.3, 0.4) is 0 Å². The van der Waals surface area contributed by atoms with E-state index in [-0.39, 0.29) is 17.3 Å². The van der Waals surface area contributed by atoms with Crippen molar-refractivity contribution in [2.75, 3.05) is 11.4 Å². The smallest absolute Gasteiger partial charge is 0.250 e. The molecule has 6 rings (SSSR count). The van der Waals surface area contributed by atoms with Gasteiger partial charge in [0.15, 0.2) is 5.88 Å². The number of benzene rings is 2. The first kappa shape index (κ1) is 23.6. The number of carbonyl (C=O) groups is 1. The zero-order valence-electron chi connectivity index (χ0n) is 20.2. The number of hydrogen-bond acceptors (Lipinski definition) is 3. The number of amides is 1. The highest BCUT2D eigenvalue weighted by atomic mass is 19.1. The lowest BCUT2D eigenvalue weighted by atomic mass is 10.1. The van der Waals surface area contributed by atoms with Gasteiger partial charge in [0.1, 0.15) is 17.5 Å². The fourth-order valence-electron chi connectivity index (χ4n) is 5.02. The maximum atomic E-state index is 14.1. The van der Waals surface area contributed by atoms with E-state index in [0.717, 1.165) is 40.2 Å². The van der Waals surface area contributed by atoms with Crippen LogP contribution in [0.25, 0.3) is 29.1 Å². The van der Waals surface area contributed by atoms with Gasteiger partial charge in [-0.1, -0.05) is 0 Å². The number of nitrogens with one attached hydrogen (secondary N) is 1. The summed E-state index contributed by atoms with van der Waals surface area (Å²) in [6.07, 6.45) is 6.93. The van der Waals surface area contributed by atoms with Crippen molar-refractivity contribution in [3.63, 3.8) is 0 Å². The number of fused-ring (bicyclic) bond motifs is 2. The van der Waals surface area contributed by atoms with Crippen LogP contribution in [0.15, 0.2) is 65.8 Å². The van der Waals surface area contributed by atoms with Crippen LogP contribution in [0.2, 0.25) is 0 Å². The molecule has 38 heavy (non-hydrogen) atoms. The molecule has 6 nitrogen and oxygen atoms in total. The Kier molecular flexibility index (Phi) is 5.56. The number of anilines is 1. The van der Waals surface area contributed by atoms with E-state index in [2.05, 4.69) is 9.98 Å². The van der Waals surface area contributed by atoms with Crippen LogP contribution in [0, 0.1) is 17.5 Å². The van der Waals surface area contributed by atoms with Gasteiger partial charge in [0.2, 0.25) is 0 Å². The van der Waals surface area contributed by atoms with Crippen LogP contribution in [0.4, 0.5) is 18.9 Å². The summed E-state index contributed by atoms with van der Waals surface area (Å²) in [5, 5.41) is 12.8. The molecule has 0 bridgehead atoms. The van der Waals surface area contributed by atoms with E-state index < -0.39 is 24.0 Å². The van der Waals surface area contributed by atoms with Crippen LogP contribution >= 0.6 is 0 Å². The van der Waals surface area contributed by atoms with Gasteiger partial charge < -0.3 is 19.6 Å². The predicted molar refractivity (Wildman–Crippen MR) is 137 cm³/mol. The SMILES string of the molecule is Cn1ccc(=NC(=O)Cc2cc(F)ccc2F)c2c1-c1c(O)[nH]c3c1=C(C=C2)N(c1ccc(F)cc1)CC=3. The monoisotopic (exact) mass is 514 g/mol. The Morgan fingerprint density at radius 2 is 1.82 bits per heavy atom. The van der Waals surface area contributed by atoms with E-state index >= 15 is 0 Å². The van der Waals surface area contributed by atoms with E-state index in [0.29, 0.717) is 28.7 Å². The summed E-state index contributed by atoms with van der Waals surface area (Å²) in [5.41, 5.74) is 3.18. The summed E-state index contributed by atoms with van der Waals surface area (Å²) < 4.78 is 43.1. The van der Waals surface area contributed by atoms with Crippen molar-refractivity contribution >= 4 is 29.4 Å². The minimum absolute atomic E-state index is 0.0458. The highest BCUT2D eigenvalue weighted by Crippen LogP contribution is 2.31. The normalized spacial score (nSPS) is 14.2. The van der Waals surface area contributed by atoms with Crippen molar-refractivity contribution in [1.29, 1.82) is 0 Å². The zero-order valence-corrected chi connectivity index (χ0v) is 20.2. The minimum Gasteiger partial charge on any atom is -0.494 e. The molecule has 1 amide bonds. The number of aryl methyl sites for hydroxylation is 1. The van der Waals surface area contributed by atoms with Gasteiger partial charge in [-0.05, 0) is 66.8 Å². The molecule has 0 saturated heterocycles. The predicted octanol–water partition coefficient (Wildman–Crippen LogP) is 3.25. The van der Waals surface area contributed by atoms with Crippen molar-refractivity contribution < 1.29 is 23.1 Å². The first-order chi connectivity index (χ1) is 18.3. The van der Waals surface area contributed by atoms with Crippen molar-refractivity contribution in [3.05, 3.63) is 105 Å². The Morgan fingerprint density at radius 1 is 1.05 bits per heavy atom. The Morgan fingerprint density at radius 3 is 2.61 bits per heavy atom. The molecule has 0 saturated carbocycles. The number of aromatic hydroxyl groups is 1. The van der Waals surface area contributed by atoms with Gasteiger partial charge in [0, 0.05) is 47.2 Å². The average molecular weight is 515 g/mol. The molecule has 190 valence electrons. The van der Waals surface area contributed by atoms with E-state index in [1.54, 1.807) is 24.4 Å². The van der Waals surface area contributed by atoms with Crippen molar-refractivity contribution in [1.82, 2.24) is 9.55 Å². The van der Waals surface area contributed by atoms with E-state index in [9.17, 15) is 23.1 Å². The molecule has 0 atom stereocenters. The molecule has 9 heteroatoms. The molecular weight excluding hydrogens is 493 g/mol. The molecule has 1 aliphatic heterocycles. The van der Waals surface area contributed by atoms with Gasteiger partial charge >= 0.3 is 0 Å². The standard InChI is InChI=1S/C29H21F3N4O2/c1-35-12-10-22(33-25(37)15-16-14-18(31)4-8-21(16)32)20-7-9-24-26-23(34-29(38)27(26)28(20)35)11-13-36(24)19-5-2-17(30)3-6-19/h2-12,14,34,38H,13,15H2,1H3. The van der Waals surface area contributed by atoms with Crippen molar-refractivity contribution in [3.8, 4) is 17.1 Å². The second-order valence-corrected chi connectivity index (χ2v) is 9.14. The number of rotatable bonds is 3. The summed E-state index contributed by atoms with van der Waals surface area (Å²) in [6.45, 7) is 0.481. The average Bonchev–Trinajstić information content (AvgIpc) is 3.10. The Bertz CT molecular complexity index is 1850. The highest BCUT2D eigenvalue weighted by molar-refractivity contribution is 5.91. The fourth-order valence-corrected chi connectivity index (χ4v) is 5.02. The number of nitrogens with zero attached hydrogens (tertiary/aromatic N) is 3. The number of aromatic amines is 1. The molecule has 1 aliphatic carbocycles. The van der Waals surface area contributed by atoms with Crippen LogP contribution in [0.1, 0.15) is 11.1 Å². The second kappa shape index (κ2) is 8.95. The molecule has 0 spiro atoms. The number of halogens is 3. The van der Waals surface area contributed by atoms with E-state index in [1.807, 2.05) is 34.7 Å². The molecule has 2 aromatic carbocycles. The van der Waals surface area contributed by atoms with Gasteiger partial charge in [0.25, 0.3) is 5.91 Å². The zero-order chi connectivity index (χ0) is 26.6. The van der Waals surface area contributed by atoms with Gasteiger partial charge in [-0.2, -0.15) is 0 Å². The van der Waals surface area contributed by atoms with Gasteiger partial charge in [-0.15, -0.1) is 0 Å². The van der Waals surface area contributed by atoms with Gasteiger partial charge in [-0.25, -0.2) is 18.2 Å². The fraction of sp³-hybridized carbons (Fsp3) is 0.103. The van der Waals surface area contributed by atoms with Crippen LogP contribution in [0.5, 0.6) is 5.88 Å². The minimum atomic E-state index is -0.683. The quantitative estimate of drug-likeness (QED) is 0.441. The van der Waals surface area contributed by atoms with E-state index in [4.69, 9.17) is 0 Å². The third kappa shape index (κ3) is 3.92. The molecule has 0 unspecified atom stereocenters. The van der Waals surface area contributed by atoms with Crippen molar-refractivity contribution in [2.45, 2.75) is 6.42 Å². The Hall–Kier alpha value is -4.79. The molecule has 2 aromatic heterocycles. The topological polar surface area (TPSA) is 73.6 Å². The van der Waals surface area contributed by atoms with Crippen LogP contribution in [-0.2, 0) is 18.3 Å². The third-order valence-electron chi connectivity index (χ3n) is 6.75.